The Morgan fingerprint density at radius 3 is 3.00 bits per heavy atom. The Bertz CT molecular complexity index is 508. The Hall–Kier alpha value is -1.81. The third kappa shape index (κ3) is 2.71. The molecule has 0 spiro atoms. The summed E-state index contributed by atoms with van der Waals surface area (Å²) in [7, 11) is 1.64. The van der Waals surface area contributed by atoms with Gasteiger partial charge in [-0.1, -0.05) is 12.1 Å². The van der Waals surface area contributed by atoms with Crippen LogP contribution >= 0.6 is 0 Å². The molecule has 0 aliphatic rings. The Balaban J connectivity index is 2.13. The van der Waals surface area contributed by atoms with Crippen molar-refractivity contribution in [3.63, 3.8) is 0 Å². The maximum absolute atomic E-state index is 10.2. The van der Waals surface area contributed by atoms with Crippen molar-refractivity contribution in [2.75, 3.05) is 7.11 Å². The van der Waals surface area contributed by atoms with E-state index in [0.717, 1.165) is 23.6 Å². The maximum atomic E-state index is 10.2. The molecule has 1 heterocycles. The van der Waals surface area contributed by atoms with Gasteiger partial charge in [0.05, 0.1) is 31.4 Å². The summed E-state index contributed by atoms with van der Waals surface area (Å²) >= 11 is 0. The SMILES string of the molecule is CCn1cncc1C(O)Cc1cccc(OC)c1. The second-order valence-corrected chi connectivity index (χ2v) is 4.18. The number of hydrogen-bond donors (Lipinski definition) is 1. The molecule has 0 aliphatic heterocycles. The summed E-state index contributed by atoms with van der Waals surface area (Å²) in [6.45, 7) is 2.84. The lowest BCUT2D eigenvalue weighted by molar-refractivity contribution is 0.169. The number of hydrogen-bond acceptors (Lipinski definition) is 3. The van der Waals surface area contributed by atoms with Crippen molar-refractivity contribution in [3.8, 4) is 5.75 Å². The van der Waals surface area contributed by atoms with E-state index in [0.29, 0.717) is 6.42 Å². The van der Waals surface area contributed by atoms with Gasteiger partial charge in [0.25, 0.3) is 0 Å². The number of ether oxygens (including phenoxy) is 1. The first-order chi connectivity index (χ1) is 8.74. The maximum Gasteiger partial charge on any atom is 0.119 e. The van der Waals surface area contributed by atoms with Gasteiger partial charge in [0, 0.05) is 13.0 Å². The molecule has 1 N–H and O–H groups in total. The Morgan fingerprint density at radius 2 is 2.28 bits per heavy atom. The molecule has 4 heteroatoms. The minimum atomic E-state index is -0.542. The van der Waals surface area contributed by atoms with Crippen LogP contribution in [0.5, 0.6) is 5.75 Å². The summed E-state index contributed by atoms with van der Waals surface area (Å²) in [6, 6.07) is 7.75. The second-order valence-electron chi connectivity index (χ2n) is 4.18. The van der Waals surface area contributed by atoms with Gasteiger partial charge in [-0.3, -0.25) is 0 Å². The Morgan fingerprint density at radius 1 is 1.44 bits per heavy atom. The molecule has 0 aliphatic carbocycles. The minimum absolute atomic E-state index is 0.542. The summed E-state index contributed by atoms with van der Waals surface area (Å²) in [6.07, 6.45) is 3.47. The molecular formula is C14H18N2O2. The number of methoxy groups -OCH3 is 1. The first-order valence-corrected chi connectivity index (χ1v) is 6.05. The van der Waals surface area contributed by atoms with Crippen LogP contribution in [-0.2, 0) is 13.0 Å². The number of rotatable bonds is 5. The van der Waals surface area contributed by atoms with E-state index < -0.39 is 6.10 Å². The van der Waals surface area contributed by atoms with E-state index in [4.69, 9.17) is 4.74 Å². The summed E-state index contributed by atoms with van der Waals surface area (Å²) in [5.41, 5.74) is 1.89. The predicted octanol–water partition coefficient (Wildman–Crippen LogP) is 2.19. The zero-order valence-electron chi connectivity index (χ0n) is 10.7. The zero-order valence-corrected chi connectivity index (χ0v) is 10.7. The molecule has 18 heavy (non-hydrogen) atoms. The van der Waals surface area contributed by atoms with E-state index >= 15 is 0 Å². The van der Waals surface area contributed by atoms with E-state index in [1.54, 1.807) is 19.6 Å². The van der Waals surface area contributed by atoms with E-state index in [2.05, 4.69) is 4.98 Å². The molecule has 1 aromatic heterocycles. The van der Waals surface area contributed by atoms with Gasteiger partial charge in [-0.25, -0.2) is 4.98 Å². The molecule has 1 aromatic carbocycles. The zero-order chi connectivity index (χ0) is 13.0. The molecule has 96 valence electrons. The number of aliphatic hydroxyl groups is 1. The van der Waals surface area contributed by atoms with E-state index in [9.17, 15) is 5.11 Å². The molecule has 0 radical (unpaired) electrons. The van der Waals surface area contributed by atoms with Crippen LogP contribution in [0.4, 0.5) is 0 Å². The van der Waals surface area contributed by atoms with Gasteiger partial charge in [-0.05, 0) is 24.6 Å². The molecule has 0 amide bonds. The third-order valence-electron chi connectivity index (χ3n) is 2.99. The number of benzene rings is 1. The highest BCUT2D eigenvalue weighted by Gasteiger charge is 2.13. The van der Waals surface area contributed by atoms with Crippen molar-refractivity contribution in [2.24, 2.45) is 0 Å². The van der Waals surface area contributed by atoms with Crippen molar-refractivity contribution in [3.05, 3.63) is 48.0 Å². The van der Waals surface area contributed by atoms with Crippen LogP contribution in [0.1, 0.15) is 24.3 Å². The molecule has 0 bridgehead atoms. The van der Waals surface area contributed by atoms with Gasteiger partial charge in [0.15, 0.2) is 0 Å². The van der Waals surface area contributed by atoms with Crippen LogP contribution in [0, 0.1) is 0 Å². The normalized spacial score (nSPS) is 12.4. The van der Waals surface area contributed by atoms with Gasteiger partial charge >= 0.3 is 0 Å². The molecule has 0 fully saturated rings. The van der Waals surface area contributed by atoms with E-state index in [1.165, 1.54) is 0 Å². The van der Waals surface area contributed by atoms with E-state index in [1.807, 2.05) is 35.8 Å². The summed E-state index contributed by atoms with van der Waals surface area (Å²) < 4.78 is 7.12. The van der Waals surface area contributed by atoms with Crippen molar-refractivity contribution >= 4 is 0 Å². The smallest absolute Gasteiger partial charge is 0.119 e. The topological polar surface area (TPSA) is 47.3 Å². The van der Waals surface area contributed by atoms with Crippen molar-refractivity contribution in [2.45, 2.75) is 26.0 Å². The van der Waals surface area contributed by atoms with Crippen LogP contribution < -0.4 is 4.74 Å². The van der Waals surface area contributed by atoms with Gasteiger partial charge < -0.3 is 14.4 Å². The van der Waals surface area contributed by atoms with Crippen molar-refractivity contribution in [1.82, 2.24) is 9.55 Å². The van der Waals surface area contributed by atoms with Gasteiger partial charge in [-0.2, -0.15) is 0 Å². The average Bonchev–Trinajstić information content (AvgIpc) is 2.87. The molecule has 2 rings (SSSR count). The van der Waals surface area contributed by atoms with Gasteiger partial charge in [-0.15, -0.1) is 0 Å². The van der Waals surface area contributed by atoms with Crippen LogP contribution in [0.15, 0.2) is 36.8 Å². The van der Waals surface area contributed by atoms with Crippen LogP contribution in [-0.4, -0.2) is 21.8 Å². The lowest BCUT2D eigenvalue weighted by Crippen LogP contribution is -2.08. The molecule has 1 atom stereocenters. The fourth-order valence-corrected chi connectivity index (χ4v) is 2.00. The van der Waals surface area contributed by atoms with E-state index in [-0.39, 0.29) is 0 Å². The number of imidazole rings is 1. The van der Waals surface area contributed by atoms with Crippen LogP contribution in [0.2, 0.25) is 0 Å². The first-order valence-electron chi connectivity index (χ1n) is 6.05. The largest absolute Gasteiger partial charge is 0.497 e. The number of nitrogens with zero attached hydrogens (tertiary/aromatic N) is 2. The fraction of sp³-hybridized carbons (Fsp3) is 0.357. The highest BCUT2D eigenvalue weighted by molar-refractivity contribution is 5.29. The highest BCUT2D eigenvalue weighted by Crippen LogP contribution is 2.20. The summed E-state index contributed by atoms with van der Waals surface area (Å²) in [5.74, 6) is 0.809. The summed E-state index contributed by atoms with van der Waals surface area (Å²) in [5, 5.41) is 10.2. The molecule has 1 unspecified atom stereocenters. The first kappa shape index (κ1) is 12.6. The predicted molar refractivity (Wildman–Crippen MR) is 69.6 cm³/mol. The minimum Gasteiger partial charge on any atom is -0.497 e. The Kier molecular flexibility index (Phi) is 3.99. The van der Waals surface area contributed by atoms with Gasteiger partial charge in [0.1, 0.15) is 5.75 Å². The average molecular weight is 246 g/mol. The Labute approximate surface area is 107 Å². The molecule has 0 saturated carbocycles. The quantitative estimate of drug-likeness (QED) is 0.879. The monoisotopic (exact) mass is 246 g/mol. The highest BCUT2D eigenvalue weighted by atomic mass is 16.5. The number of aliphatic hydroxyl groups excluding tert-OH is 1. The van der Waals surface area contributed by atoms with Crippen LogP contribution in [0.3, 0.4) is 0 Å². The number of aryl methyl sites for hydroxylation is 1. The van der Waals surface area contributed by atoms with Crippen molar-refractivity contribution in [1.29, 1.82) is 0 Å². The summed E-state index contributed by atoms with van der Waals surface area (Å²) in [4.78, 5) is 4.07. The van der Waals surface area contributed by atoms with Crippen LogP contribution in [0.25, 0.3) is 0 Å². The standard InChI is InChI=1S/C14H18N2O2/c1-3-16-10-15-9-13(16)14(17)8-11-5-4-6-12(7-11)18-2/h4-7,9-10,14,17H,3,8H2,1-2H3. The van der Waals surface area contributed by atoms with Crippen molar-refractivity contribution < 1.29 is 9.84 Å². The molecule has 0 saturated heterocycles. The third-order valence-corrected chi connectivity index (χ3v) is 2.99. The molecule has 2 aromatic rings. The molecule has 4 nitrogen and oxygen atoms in total. The molecular weight excluding hydrogens is 228 g/mol. The lowest BCUT2D eigenvalue weighted by atomic mass is 10.1. The lowest BCUT2D eigenvalue weighted by Gasteiger charge is -2.13. The second kappa shape index (κ2) is 5.69. The fourth-order valence-electron chi connectivity index (χ4n) is 2.00. The van der Waals surface area contributed by atoms with Gasteiger partial charge in [0.2, 0.25) is 0 Å². The number of aromatic nitrogens is 2.